The summed E-state index contributed by atoms with van der Waals surface area (Å²) in [5.41, 5.74) is 3.57. The van der Waals surface area contributed by atoms with Crippen LogP contribution in [0.4, 0.5) is 52.7 Å². The Morgan fingerprint density at radius 2 is 0.563 bits per heavy atom. The molecule has 0 unspecified atom stereocenters. The first-order chi connectivity index (χ1) is 49.6. The lowest BCUT2D eigenvalue weighted by Gasteiger charge is -2.22. The lowest BCUT2D eigenvalue weighted by molar-refractivity contribution is -0.144. The molecule has 502 valence electrons. The zero-order chi connectivity index (χ0) is 70.8. The average Bonchev–Trinajstić information content (AvgIpc) is 1.59. The van der Waals surface area contributed by atoms with E-state index in [1.54, 1.807) is 0 Å². The van der Waals surface area contributed by atoms with Crippen LogP contribution < -0.4 is 0 Å². The standard InChI is InChI=1S/C86H49F12N5/c87-83(88,89)57-35-37-61(71(47-57)85(93,94)95)54-33-39-79-69(43-54)70-44-55(62-38-36-58(84(90,91)92)48-72(62)86(96,97)98)34-40-80(70)103(79)81-67(52-21-15-23-59(41-52)101-75-29-11-7-25-63(75)64-26-8-12-30-76(64)101)45-56(82-99-73(50-17-3-1-4-18-50)49-74(100-82)51-19-5-2-6-20-51)46-68(81)53-22-16-24-60(42-53)102-77-31-13-9-27-65(77)66-28-10-14-32-78(66)102/h1-49H. The third-order valence-corrected chi connectivity index (χ3v) is 19.1. The van der Waals surface area contributed by atoms with Crippen LogP contribution >= 0.6 is 0 Å². The molecule has 0 spiro atoms. The Morgan fingerprint density at radius 3 is 0.932 bits per heavy atom. The van der Waals surface area contributed by atoms with Crippen molar-refractivity contribution < 1.29 is 52.7 Å². The second-order valence-electron chi connectivity index (χ2n) is 25.3. The normalized spacial score (nSPS) is 12.5. The summed E-state index contributed by atoms with van der Waals surface area (Å²) in [6, 6.07) is 83.9. The number of para-hydroxylation sites is 4. The van der Waals surface area contributed by atoms with Crippen LogP contribution in [0.1, 0.15) is 22.3 Å². The highest BCUT2D eigenvalue weighted by Crippen LogP contribution is 2.50. The maximum absolute atomic E-state index is 15.4. The van der Waals surface area contributed by atoms with Gasteiger partial charge in [0, 0.05) is 71.5 Å². The molecule has 13 aromatic carbocycles. The van der Waals surface area contributed by atoms with Gasteiger partial charge in [0.1, 0.15) is 0 Å². The molecule has 0 saturated heterocycles. The number of nitrogens with zero attached hydrogens (tertiary/aromatic N) is 5. The van der Waals surface area contributed by atoms with Crippen molar-refractivity contribution in [2.75, 3.05) is 0 Å². The van der Waals surface area contributed by atoms with E-state index in [0.29, 0.717) is 62.8 Å². The first-order valence-electron chi connectivity index (χ1n) is 32.6. The van der Waals surface area contributed by atoms with E-state index in [-0.39, 0.29) is 45.1 Å². The average molecular weight is 1380 g/mol. The molecule has 103 heavy (non-hydrogen) atoms. The zero-order valence-corrected chi connectivity index (χ0v) is 53.6. The Labute approximate surface area is 578 Å². The van der Waals surface area contributed by atoms with Gasteiger partial charge in [-0.15, -0.1) is 0 Å². The van der Waals surface area contributed by atoms with Crippen LogP contribution in [0.2, 0.25) is 0 Å². The fourth-order valence-corrected chi connectivity index (χ4v) is 14.6. The minimum absolute atomic E-state index is 0.0350. The molecule has 0 fully saturated rings. The maximum atomic E-state index is 15.4. The lowest BCUT2D eigenvalue weighted by Crippen LogP contribution is -2.12. The molecule has 0 aliphatic rings. The highest BCUT2D eigenvalue weighted by atomic mass is 19.4. The van der Waals surface area contributed by atoms with Gasteiger partial charge in [0.15, 0.2) is 5.82 Å². The molecular formula is C86H49F12N5. The second-order valence-corrected chi connectivity index (χ2v) is 25.3. The van der Waals surface area contributed by atoms with Gasteiger partial charge in [-0.25, -0.2) is 9.97 Å². The summed E-state index contributed by atoms with van der Waals surface area (Å²) in [7, 11) is 0. The van der Waals surface area contributed by atoms with E-state index in [2.05, 4.69) is 33.4 Å². The van der Waals surface area contributed by atoms with Crippen LogP contribution in [0.15, 0.2) is 297 Å². The predicted octanol–water partition coefficient (Wildman–Crippen LogP) is 25.5. The van der Waals surface area contributed by atoms with Crippen LogP contribution in [0.5, 0.6) is 0 Å². The van der Waals surface area contributed by atoms with Crippen molar-refractivity contribution in [2.45, 2.75) is 24.7 Å². The molecule has 0 aliphatic heterocycles. The summed E-state index contributed by atoms with van der Waals surface area (Å²) in [6.07, 6.45) is -21.0. The quantitative estimate of drug-likeness (QED) is 0.128. The van der Waals surface area contributed by atoms with Gasteiger partial charge >= 0.3 is 24.7 Å². The van der Waals surface area contributed by atoms with E-state index >= 15 is 26.3 Å². The van der Waals surface area contributed by atoms with Gasteiger partial charge in [0.2, 0.25) is 0 Å². The molecule has 5 nitrogen and oxygen atoms in total. The summed E-state index contributed by atoms with van der Waals surface area (Å²) in [5.74, 6) is 0.303. The number of hydrogen-bond donors (Lipinski definition) is 0. The molecule has 4 aromatic heterocycles. The molecule has 4 heterocycles. The fraction of sp³-hybridized carbons (Fsp3) is 0.0465. The molecule has 0 atom stereocenters. The van der Waals surface area contributed by atoms with Crippen molar-refractivity contribution in [3.05, 3.63) is 320 Å². The minimum atomic E-state index is -5.33. The second kappa shape index (κ2) is 24.1. The van der Waals surface area contributed by atoms with Crippen LogP contribution in [0, 0.1) is 0 Å². The van der Waals surface area contributed by atoms with Crippen LogP contribution in [-0.4, -0.2) is 23.7 Å². The van der Waals surface area contributed by atoms with E-state index in [4.69, 9.17) is 9.97 Å². The summed E-state index contributed by atoms with van der Waals surface area (Å²) in [6.45, 7) is 0. The first kappa shape index (κ1) is 63.9. The molecule has 0 aliphatic carbocycles. The molecule has 0 N–H and O–H groups in total. The van der Waals surface area contributed by atoms with Crippen molar-refractivity contribution in [2.24, 2.45) is 0 Å². The molecule has 0 amide bonds. The summed E-state index contributed by atoms with van der Waals surface area (Å²) < 4.78 is 184. The van der Waals surface area contributed by atoms with Gasteiger partial charge in [-0.1, -0.05) is 182 Å². The molecule has 17 heteroatoms. The predicted molar refractivity (Wildman–Crippen MR) is 383 cm³/mol. The largest absolute Gasteiger partial charge is 0.417 e. The molecule has 17 rings (SSSR count). The highest BCUT2D eigenvalue weighted by Gasteiger charge is 2.41. The number of aromatic nitrogens is 5. The highest BCUT2D eigenvalue weighted by molar-refractivity contribution is 6.14. The Balaban J connectivity index is 1.03. The fourth-order valence-electron chi connectivity index (χ4n) is 14.6. The Bertz CT molecular complexity index is 5780. The monoisotopic (exact) mass is 1380 g/mol. The van der Waals surface area contributed by atoms with Crippen molar-refractivity contribution >= 4 is 65.4 Å². The number of halogens is 12. The smallest absolute Gasteiger partial charge is 0.309 e. The Hall–Kier alpha value is -12.5. The van der Waals surface area contributed by atoms with Crippen molar-refractivity contribution in [1.29, 1.82) is 0 Å². The summed E-state index contributed by atoms with van der Waals surface area (Å²) >= 11 is 0. The number of alkyl halides is 12. The van der Waals surface area contributed by atoms with Crippen molar-refractivity contribution in [1.82, 2.24) is 23.7 Å². The van der Waals surface area contributed by atoms with Gasteiger partial charge in [-0.05, 0) is 149 Å². The minimum Gasteiger partial charge on any atom is -0.309 e. The van der Waals surface area contributed by atoms with Gasteiger partial charge in [-0.3, -0.25) is 0 Å². The van der Waals surface area contributed by atoms with E-state index in [1.807, 2.05) is 205 Å². The van der Waals surface area contributed by atoms with Crippen LogP contribution in [0.25, 0.3) is 161 Å². The van der Waals surface area contributed by atoms with E-state index < -0.39 is 58.1 Å². The van der Waals surface area contributed by atoms with Crippen molar-refractivity contribution in [3.8, 4) is 95.5 Å². The topological polar surface area (TPSA) is 40.6 Å². The number of rotatable bonds is 10. The van der Waals surface area contributed by atoms with E-state index in [9.17, 15) is 26.3 Å². The number of fused-ring (bicyclic) bond motifs is 9. The van der Waals surface area contributed by atoms with Crippen LogP contribution in [-0.2, 0) is 24.7 Å². The van der Waals surface area contributed by atoms with Crippen molar-refractivity contribution in [3.63, 3.8) is 0 Å². The Kier molecular flexibility index (Phi) is 15.0. The number of benzene rings is 13. The van der Waals surface area contributed by atoms with Crippen LogP contribution in [0.3, 0.4) is 0 Å². The molecule has 17 aromatic rings. The first-order valence-corrected chi connectivity index (χ1v) is 32.6. The van der Waals surface area contributed by atoms with E-state index in [0.717, 1.165) is 78.2 Å². The SMILES string of the molecule is FC(F)(F)c1ccc(-c2ccc3c(c2)c2cc(-c4ccc(C(F)(F)F)cc4C(F)(F)F)ccc2n3-c2c(-c3cccc(-n4c5ccccc5c5ccccc54)c3)cc(-c3nc(-c4ccccc4)cc(-c4ccccc4)n3)cc2-c2cccc(-n3c4ccccc4c4ccccc43)c2)c(C(F)(F)F)c1. The third-order valence-electron chi connectivity index (χ3n) is 19.1. The van der Waals surface area contributed by atoms with Gasteiger partial charge < -0.3 is 13.7 Å². The third kappa shape index (κ3) is 11.2. The molecule has 0 radical (unpaired) electrons. The molecule has 0 saturated carbocycles. The van der Waals surface area contributed by atoms with Gasteiger partial charge in [-0.2, -0.15) is 52.7 Å². The molecular weight excluding hydrogens is 1330 g/mol. The number of hydrogen-bond acceptors (Lipinski definition) is 2. The summed E-state index contributed by atoms with van der Waals surface area (Å²) in [4.78, 5) is 10.7. The Morgan fingerprint density at radius 1 is 0.223 bits per heavy atom. The summed E-state index contributed by atoms with van der Waals surface area (Å²) in [5, 5.41) is 4.19. The molecule has 0 bridgehead atoms. The van der Waals surface area contributed by atoms with E-state index in [1.165, 1.54) is 36.4 Å². The van der Waals surface area contributed by atoms with Gasteiger partial charge in [0.25, 0.3) is 0 Å². The lowest BCUT2D eigenvalue weighted by atomic mass is 9.91. The maximum Gasteiger partial charge on any atom is 0.417 e. The van der Waals surface area contributed by atoms with Gasteiger partial charge in [0.05, 0.1) is 72.4 Å². The zero-order valence-electron chi connectivity index (χ0n) is 53.6.